The molecule has 0 spiro atoms. The Morgan fingerprint density at radius 3 is 2.38 bits per heavy atom. The normalized spacial score (nSPS) is 18.9. The first-order valence-electron chi connectivity index (χ1n) is 10.5. The summed E-state index contributed by atoms with van der Waals surface area (Å²) in [6.45, 7) is 0.949. The monoisotopic (exact) mass is 459 g/mol. The maximum Gasteiger partial charge on any atom is 0.283 e. The highest BCUT2D eigenvalue weighted by Crippen LogP contribution is 2.30. The summed E-state index contributed by atoms with van der Waals surface area (Å²) in [7, 11) is -3.69. The van der Waals surface area contributed by atoms with E-state index < -0.39 is 27.9 Å². The van der Waals surface area contributed by atoms with Crippen molar-refractivity contribution in [2.75, 3.05) is 19.7 Å². The predicted octanol–water partition coefficient (Wildman–Crippen LogP) is 1.85. The lowest BCUT2D eigenvalue weighted by molar-refractivity contribution is -0.131. The highest BCUT2D eigenvalue weighted by Gasteiger charge is 2.28. The largest absolute Gasteiger partial charge is 0.485 e. The quantitative estimate of drug-likeness (QED) is 0.675. The summed E-state index contributed by atoms with van der Waals surface area (Å²) in [6, 6.07) is 12.8. The minimum Gasteiger partial charge on any atom is -0.485 e. The summed E-state index contributed by atoms with van der Waals surface area (Å²) in [5, 5.41) is 0. The van der Waals surface area contributed by atoms with E-state index in [0.29, 0.717) is 24.6 Å². The molecule has 2 aliphatic heterocycles. The second kappa shape index (κ2) is 9.58. The number of hydrogen-bond acceptors (Lipinski definition) is 6. The van der Waals surface area contributed by atoms with Gasteiger partial charge >= 0.3 is 0 Å². The van der Waals surface area contributed by atoms with E-state index in [9.17, 15) is 18.0 Å². The lowest BCUT2D eigenvalue weighted by atomic mass is 10.2. The smallest absolute Gasteiger partial charge is 0.283 e. The third kappa shape index (κ3) is 4.86. The van der Waals surface area contributed by atoms with Crippen LogP contribution in [-0.4, -0.2) is 50.3 Å². The first-order chi connectivity index (χ1) is 15.4. The molecule has 2 aromatic carbocycles. The van der Waals surface area contributed by atoms with Crippen LogP contribution in [0.4, 0.5) is 0 Å². The number of rotatable bonds is 4. The van der Waals surface area contributed by atoms with Gasteiger partial charge in [-0.05, 0) is 43.2 Å². The molecule has 9 nitrogen and oxygen atoms in total. The van der Waals surface area contributed by atoms with Gasteiger partial charge in [-0.3, -0.25) is 20.4 Å². The van der Waals surface area contributed by atoms with Crippen molar-refractivity contribution >= 4 is 21.8 Å². The highest BCUT2D eigenvalue weighted by atomic mass is 32.2. The summed E-state index contributed by atoms with van der Waals surface area (Å²) in [5.74, 6) is -0.232. The van der Waals surface area contributed by atoms with E-state index in [1.165, 1.54) is 28.6 Å². The molecule has 1 saturated heterocycles. The Bertz CT molecular complexity index is 1100. The maximum absolute atomic E-state index is 13.0. The SMILES string of the molecule is O=C(NNC(=O)[C@H]1COc2ccccc2O1)c1cccc(S(=O)(=O)N2CCCCCC2)c1. The number of ether oxygens (including phenoxy) is 2. The van der Waals surface area contributed by atoms with Crippen molar-refractivity contribution in [3.63, 3.8) is 0 Å². The second-order valence-electron chi connectivity index (χ2n) is 7.65. The van der Waals surface area contributed by atoms with E-state index in [0.717, 1.165) is 25.7 Å². The van der Waals surface area contributed by atoms with E-state index >= 15 is 0 Å². The van der Waals surface area contributed by atoms with Crippen molar-refractivity contribution in [3.8, 4) is 11.5 Å². The van der Waals surface area contributed by atoms with Crippen LogP contribution in [0.5, 0.6) is 11.5 Å². The fourth-order valence-electron chi connectivity index (χ4n) is 3.65. The average Bonchev–Trinajstić information content (AvgIpc) is 3.12. The first kappa shape index (κ1) is 22.1. The third-order valence-corrected chi connectivity index (χ3v) is 7.29. The van der Waals surface area contributed by atoms with Crippen LogP contribution in [0.15, 0.2) is 53.4 Å². The number of hydrazine groups is 1. The van der Waals surface area contributed by atoms with Gasteiger partial charge in [0.15, 0.2) is 11.5 Å². The number of nitrogens with zero attached hydrogens (tertiary/aromatic N) is 1. The van der Waals surface area contributed by atoms with Crippen LogP contribution < -0.4 is 20.3 Å². The molecule has 0 aliphatic carbocycles. The lowest BCUT2D eigenvalue weighted by Gasteiger charge is -2.25. The van der Waals surface area contributed by atoms with Crippen molar-refractivity contribution in [2.45, 2.75) is 36.7 Å². The molecule has 2 amide bonds. The molecule has 0 bridgehead atoms. The van der Waals surface area contributed by atoms with Gasteiger partial charge in [-0.25, -0.2) is 8.42 Å². The number of sulfonamides is 1. The molecule has 1 atom stereocenters. The minimum absolute atomic E-state index is 0.00226. The van der Waals surface area contributed by atoms with Gasteiger partial charge in [-0.2, -0.15) is 4.31 Å². The van der Waals surface area contributed by atoms with Gasteiger partial charge in [0.2, 0.25) is 16.1 Å². The Balaban J connectivity index is 1.38. The molecule has 2 aromatic rings. The van der Waals surface area contributed by atoms with Crippen LogP contribution in [0.2, 0.25) is 0 Å². The fraction of sp³-hybridized carbons (Fsp3) is 0.364. The number of carbonyl (C=O) groups excluding carboxylic acids is 2. The molecule has 2 aliphatic rings. The molecular weight excluding hydrogens is 434 g/mol. The summed E-state index contributed by atoms with van der Waals surface area (Å²) >= 11 is 0. The zero-order chi connectivity index (χ0) is 22.6. The van der Waals surface area contributed by atoms with E-state index in [-0.39, 0.29) is 17.1 Å². The van der Waals surface area contributed by atoms with Crippen LogP contribution in [-0.2, 0) is 14.8 Å². The molecule has 10 heteroatoms. The van der Waals surface area contributed by atoms with Crippen LogP contribution in [0.3, 0.4) is 0 Å². The number of hydrogen-bond donors (Lipinski definition) is 2. The molecule has 0 unspecified atom stereocenters. The number of fused-ring (bicyclic) bond motifs is 1. The summed E-state index contributed by atoms with van der Waals surface area (Å²) < 4.78 is 38.5. The zero-order valence-corrected chi connectivity index (χ0v) is 18.3. The van der Waals surface area contributed by atoms with Gasteiger partial charge in [-0.15, -0.1) is 0 Å². The van der Waals surface area contributed by atoms with Gasteiger partial charge < -0.3 is 9.47 Å². The van der Waals surface area contributed by atoms with E-state index in [4.69, 9.17) is 9.47 Å². The molecule has 1 fully saturated rings. The zero-order valence-electron chi connectivity index (χ0n) is 17.5. The molecule has 170 valence electrons. The molecular formula is C22H25N3O6S. The Morgan fingerprint density at radius 2 is 1.62 bits per heavy atom. The number of carbonyl (C=O) groups is 2. The third-order valence-electron chi connectivity index (χ3n) is 5.40. The van der Waals surface area contributed by atoms with E-state index in [1.54, 1.807) is 24.3 Å². The summed E-state index contributed by atoms with van der Waals surface area (Å²) in [5.41, 5.74) is 4.73. The van der Waals surface area contributed by atoms with Crippen molar-refractivity contribution in [1.29, 1.82) is 0 Å². The standard InChI is InChI=1S/C22H25N3O6S/c26-21(23-24-22(27)20-15-30-18-10-3-4-11-19(18)31-20)16-8-7-9-17(14-16)32(28,29)25-12-5-1-2-6-13-25/h3-4,7-11,14,20H,1-2,5-6,12-13,15H2,(H,23,26)(H,24,27)/t20-/m1/s1. The predicted molar refractivity (Wildman–Crippen MR) is 116 cm³/mol. The van der Waals surface area contributed by atoms with Gasteiger partial charge in [0.25, 0.3) is 11.8 Å². The van der Waals surface area contributed by atoms with Crippen molar-refractivity contribution in [2.24, 2.45) is 0 Å². The molecule has 0 aromatic heterocycles. The molecule has 2 heterocycles. The Kier molecular flexibility index (Phi) is 6.61. The van der Waals surface area contributed by atoms with Gasteiger partial charge in [0.1, 0.15) is 6.61 Å². The number of para-hydroxylation sites is 2. The van der Waals surface area contributed by atoms with Crippen molar-refractivity contribution in [1.82, 2.24) is 15.2 Å². The fourth-order valence-corrected chi connectivity index (χ4v) is 5.21. The number of benzene rings is 2. The number of amides is 2. The minimum atomic E-state index is -3.69. The van der Waals surface area contributed by atoms with Gasteiger partial charge in [0, 0.05) is 18.7 Å². The Morgan fingerprint density at radius 1 is 0.906 bits per heavy atom. The van der Waals surface area contributed by atoms with Crippen LogP contribution in [0.25, 0.3) is 0 Å². The first-order valence-corrected chi connectivity index (χ1v) is 12.0. The van der Waals surface area contributed by atoms with Crippen LogP contribution >= 0.6 is 0 Å². The van der Waals surface area contributed by atoms with Crippen molar-refractivity contribution in [3.05, 3.63) is 54.1 Å². The lowest BCUT2D eigenvalue weighted by Crippen LogP contribution is -2.50. The van der Waals surface area contributed by atoms with Gasteiger partial charge in [-0.1, -0.05) is 31.0 Å². The summed E-state index contributed by atoms with van der Waals surface area (Å²) in [6.07, 6.45) is 2.73. The van der Waals surface area contributed by atoms with Crippen molar-refractivity contribution < 1.29 is 27.5 Å². The number of nitrogens with one attached hydrogen (secondary N) is 2. The highest BCUT2D eigenvalue weighted by molar-refractivity contribution is 7.89. The van der Waals surface area contributed by atoms with E-state index in [2.05, 4.69) is 10.9 Å². The molecule has 2 N–H and O–H groups in total. The second-order valence-corrected chi connectivity index (χ2v) is 9.59. The molecule has 32 heavy (non-hydrogen) atoms. The summed E-state index contributed by atoms with van der Waals surface area (Å²) in [4.78, 5) is 25.0. The Labute approximate surface area is 186 Å². The van der Waals surface area contributed by atoms with Crippen LogP contribution in [0.1, 0.15) is 36.0 Å². The molecule has 0 radical (unpaired) electrons. The average molecular weight is 460 g/mol. The van der Waals surface area contributed by atoms with E-state index in [1.807, 2.05) is 0 Å². The maximum atomic E-state index is 13.0. The Hall–Kier alpha value is -3.11. The van der Waals surface area contributed by atoms with Crippen LogP contribution in [0, 0.1) is 0 Å². The molecule has 4 rings (SSSR count). The van der Waals surface area contributed by atoms with Gasteiger partial charge in [0.05, 0.1) is 4.90 Å². The molecule has 0 saturated carbocycles. The topological polar surface area (TPSA) is 114 Å².